The minimum absolute atomic E-state index is 0.527. The number of hydrazine groups is 1. The molecule has 0 N–H and O–H groups in total. The van der Waals surface area contributed by atoms with Crippen LogP contribution < -0.4 is 0 Å². The van der Waals surface area contributed by atoms with E-state index < -0.39 is 0 Å². The van der Waals surface area contributed by atoms with Crippen molar-refractivity contribution in [3.63, 3.8) is 0 Å². The number of rotatable bonds is 2. The van der Waals surface area contributed by atoms with Crippen LogP contribution >= 0.6 is 0 Å². The van der Waals surface area contributed by atoms with E-state index in [1.807, 2.05) is 0 Å². The second-order valence-electron chi connectivity index (χ2n) is 2.53. The summed E-state index contributed by atoms with van der Waals surface area (Å²) in [7, 11) is 1.37. The Labute approximate surface area is 65.8 Å². The van der Waals surface area contributed by atoms with Gasteiger partial charge in [0.2, 0.25) is 5.28 Å². The van der Waals surface area contributed by atoms with Gasteiger partial charge in [-0.3, -0.25) is 0 Å². The number of piperidine rings is 1. The highest BCUT2D eigenvalue weighted by molar-refractivity contribution is 4.54. The van der Waals surface area contributed by atoms with Gasteiger partial charge in [-0.1, -0.05) is 0 Å². The van der Waals surface area contributed by atoms with Crippen LogP contribution in [0.1, 0.15) is 19.3 Å². The lowest BCUT2D eigenvalue weighted by molar-refractivity contribution is -0.712. The Morgan fingerprint density at radius 3 is 2.55 bits per heavy atom. The SMILES string of the molecule is CO/N=[N+](/[O-])N1CCCCC1. The molecule has 5 heteroatoms. The standard InChI is InChI=1S/C6H13N3O2/c1-11-7-9(10)8-5-3-2-4-6-8/h2-6H2,1H3/b9-7+. The van der Waals surface area contributed by atoms with Gasteiger partial charge in [0.15, 0.2) is 0 Å². The van der Waals surface area contributed by atoms with Crippen LogP contribution in [-0.4, -0.2) is 30.2 Å². The van der Waals surface area contributed by atoms with Crippen LogP contribution in [0.3, 0.4) is 0 Å². The fraction of sp³-hybridized carbons (Fsp3) is 1.00. The number of nitrogens with zero attached hydrogens (tertiary/aromatic N) is 3. The van der Waals surface area contributed by atoms with E-state index in [0.717, 1.165) is 25.9 Å². The van der Waals surface area contributed by atoms with Crippen molar-refractivity contribution in [3.8, 4) is 0 Å². The summed E-state index contributed by atoms with van der Waals surface area (Å²) in [6, 6.07) is 0. The molecule has 0 unspecified atom stereocenters. The van der Waals surface area contributed by atoms with Gasteiger partial charge in [-0.25, -0.2) is 0 Å². The highest BCUT2D eigenvalue weighted by atomic mass is 16.7. The summed E-state index contributed by atoms with van der Waals surface area (Å²) < 4.78 is 0. The smallest absolute Gasteiger partial charge is 0.232 e. The largest absolute Gasteiger partial charge is 0.569 e. The van der Waals surface area contributed by atoms with Crippen molar-refractivity contribution in [2.75, 3.05) is 20.2 Å². The molecule has 0 aliphatic carbocycles. The van der Waals surface area contributed by atoms with E-state index in [2.05, 4.69) is 10.1 Å². The maximum Gasteiger partial charge on any atom is 0.232 e. The van der Waals surface area contributed by atoms with Crippen molar-refractivity contribution >= 4 is 0 Å². The van der Waals surface area contributed by atoms with Crippen molar-refractivity contribution in [2.24, 2.45) is 5.28 Å². The molecule has 11 heavy (non-hydrogen) atoms. The predicted octanol–water partition coefficient (Wildman–Crippen LogP) is 0.911. The minimum atomic E-state index is 0.527. The van der Waals surface area contributed by atoms with Gasteiger partial charge in [0.25, 0.3) is 0 Å². The zero-order chi connectivity index (χ0) is 8.10. The first kappa shape index (κ1) is 8.10. The van der Waals surface area contributed by atoms with E-state index in [1.54, 1.807) is 5.01 Å². The first-order chi connectivity index (χ1) is 5.34. The Morgan fingerprint density at radius 1 is 1.36 bits per heavy atom. The Kier molecular flexibility index (Phi) is 2.95. The van der Waals surface area contributed by atoms with Crippen LogP contribution in [0.15, 0.2) is 5.28 Å². The molecule has 0 amide bonds. The van der Waals surface area contributed by atoms with E-state index >= 15 is 0 Å². The van der Waals surface area contributed by atoms with Gasteiger partial charge in [0.1, 0.15) is 7.11 Å². The van der Waals surface area contributed by atoms with Gasteiger partial charge < -0.3 is 10.0 Å². The lowest BCUT2D eigenvalue weighted by atomic mass is 10.2. The molecule has 5 nitrogen and oxygen atoms in total. The lowest BCUT2D eigenvalue weighted by Gasteiger charge is -2.21. The van der Waals surface area contributed by atoms with Crippen molar-refractivity contribution < 1.29 is 9.81 Å². The summed E-state index contributed by atoms with van der Waals surface area (Å²) in [6.07, 6.45) is 3.34. The summed E-state index contributed by atoms with van der Waals surface area (Å²) in [5.74, 6) is 0. The summed E-state index contributed by atoms with van der Waals surface area (Å²) in [6.45, 7) is 1.58. The van der Waals surface area contributed by atoms with Crippen LogP contribution in [0, 0.1) is 5.21 Å². The highest BCUT2D eigenvalue weighted by Crippen LogP contribution is 2.08. The van der Waals surface area contributed by atoms with Crippen molar-refractivity contribution in [2.45, 2.75) is 19.3 Å². The van der Waals surface area contributed by atoms with Crippen LogP contribution in [0.25, 0.3) is 0 Å². The van der Waals surface area contributed by atoms with Crippen molar-refractivity contribution in [3.05, 3.63) is 5.21 Å². The molecule has 1 aliphatic heterocycles. The molecule has 64 valence electrons. The molecule has 0 atom stereocenters. The Balaban J connectivity index is 2.38. The number of hydrogen-bond donors (Lipinski definition) is 0. The molecule has 0 bridgehead atoms. The van der Waals surface area contributed by atoms with E-state index in [0.29, 0.717) is 4.97 Å². The summed E-state index contributed by atoms with van der Waals surface area (Å²) in [4.78, 5) is 4.88. The van der Waals surface area contributed by atoms with Gasteiger partial charge >= 0.3 is 0 Å². The third kappa shape index (κ3) is 2.25. The zero-order valence-corrected chi connectivity index (χ0v) is 6.69. The molecule has 0 aromatic heterocycles. The molecule has 1 rings (SSSR count). The maximum absolute atomic E-state index is 10.9. The quantitative estimate of drug-likeness (QED) is 0.342. The molecule has 1 heterocycles. The Morgan fingerprint density at radius 2 is 2.00 bits per heavy atom. The molecule has 0 aromatic carbocycles. The van der Waals surface area contributed by atoms with E-state index in [1.165, 1.54) is 13.5 Å². The first-order valence-corrected chi connectivity index (χ1v) is 3.81. The van der Waals surface area contributed by atoms with Gasteiger partial charge in [-0.05, 0) is 19.3 Å². The van der Waals surface area contributed by atoms with Crippen molar-refractivity contribution in [1.29, 1.82) is 0 Å². The topological polar surface area (TPSA) is 50.9 Å². The monoisotopic (exact) mass is 159 g/mol. The molecule has 0 spiro atoms. The average Bonchev–Trinajstić information content (AvgIpc) is 2.07. The van der Waals surface area contributed by atoms with Gasteiger partial charge in [0.05, 0.1) is 18.1 Å². The van der Waals surface area contributed by atoms with Gasteiger partial charge in [-0.2, -0.15) is 0 Å². The third-order valence-corrected chi connectivity index (χ3v) is 1.73. The molecule has 0 aromatic rings. The van der Waals surface area contributed by atoms with Gasteiger partial charge in [-0.15, -0.1) is 5.01 Å². The van der Waals surface area contributed by atoms with Crippen LogP contribution in [0.5, 0.6) is 0 Å². The summed E-state index contributed by atoms with van der Waals surface area (Å²) in [5.41, 5.74) is 0. The van der Waals surface area contributed by atoms with E-state index in [-0.39, 0.29) is 0 Å². The second-order valence-corrected chi connectivity index (χ2v) is 2.53. The molecule has 1 fully saturated rings. The van der Waals surface area contributed by atoms with Crippen LogP contribution in [0.2, 0.25) is 0 Å². The molecule has 1 aliphatic rings. The maximum atomic E-state index is 10.9. The first-order valence-electron chi connectivity index (χ1n) is 3.81. The van der Waals surface area contributed by atoms with Gasteiger partial charge in [0, 0.05) is 0 Å². The summed E-state index contributed by atoms with van der Waals surface area (Å²) >= 11 is 0. The Hall–Kier alpha value is -1.00. The van der Waals surface area contributed by atoms with Crippen LogP contribution in [0.4, 0.5) is 0 Å². The molecule has 1 saturated heterocycles. The second kappa shape index (κ2) is 4.00. The average molecular weight is 159 g/mol. The van der Waals surface area contributed by atoms with E-state index in [9.17, 15) is 5.21 Å². The molecular formula is C6H13N3O2. The fourth-order valence-corrected chi connectivity index (χ4v) is 1.17. The molecule has 0 saturated carbocycles. The summed E-state index contributed by atoms with van der Waals surface area (Å²) in [5, 5.41) is 15.8. The molecule has 0 radical (unpaired) electrons. The molecular weight excluding hydrogens is 146 g/mol. The van der Waals surface area contributed by atoms with Crippen molar-refractivity contribution in [1.82, 2.24) is 5.01 Å². The van der Waals surface area contributed by atoms with E-state index in [4.69, 9.17) is 0 Å². The third-order valence-electron chi connectivity index (χ3n) is 1.73. The highest BCUT2D eigenvalue weighted by Gasteiger charge is 2.15. The fourth-order valence-electron chi connectivity index (χ4n) is 1.17. The normalized spacial score (nSPS) is 20.1. The van der Waals surface area contributed by atoms with Crippen LogP contribution in [-0.2, 0) is 4.84 Å². The predicted molar refractivity (Wildman–Crippen MR) is 38.5 cm³/mol. The minimum Gasteiger partial charge on any atom is -0.569 e. The Bertz CT molecular complexity index is 143. The zero-order valence-electron chi connectivity index (χ0n) is 6.69. The number of hydrogen-bond acceptors (Lipinski definition) is 3. The lowest BCUT2D eigenvalue weighted by Crippen LogP contribution is -2.35.